The van der Waals surface area contributed by atoms with Crippen molar-refractivity contribution in [1.82, 2.24) is 15.5 Å². The first-order valence-electron chi connectivity index (χ1n) is 8.32. The summed E-state index contributed by atoms with van der Waals surface area (Å²) >= 11 is 0. The average Bonchev–Trinajstić information content (AvgIpc) is 2.56. The Bertz CT molecular complexity index is 670. The molecule has 0 aliphatic carbocycles. The fourth-order valence-electron chi connectivity index (χ4n) is 2.23. The van der Waals surface area contributed by atoms with E-state index in [9.17, 15) is 24.3 Å². The van der Waals surface area contributed by atoms with Crippen LogP contribution in [0.2, 0.25) is 0 Å². The largest absolute Gasteiger partial charge is 0.480 e. The topological polar surface area (TPSA) is 116 Å². The van der Waals surface area contributed by atoms with E-state index in [0.29, 0.717) is 5.56 Å². The lowest BCUT2D eigenvalue weighted by atomic mass is 10.1. The Hall–Kier alpha value is -2.90. The van der Waals surface area contributed by atoms with Gasteiger partial charge in [0.05, 0.1) is 0 Å². The molecule has 142 valence electrons. The van der Waals surface area contributed by atoms with Crippen molar-refractivity contribution in [3.05, 3.63) is 35.4 Å². The van der Waals surface area contributed by atoms with Crippen LogP contribution in [-0.4, -0.2) is 58.9 Å². The molecule has 1 unspecified atom stereocenters. The van der Waals surface area contributed by atoms with Crippen LogP contribution in [-0.2, 0) is 9.59 Å². The summed E-state index contributed by atoms with van der Waals surface area (Å²) in [6.45, 7) is 6.63. The zero-order chi connectivity index (χ0) is 19.9. The number of aliphatic carboxylic acids is 1. The molecule has 0 saturated heterocycles. The van der Waals surface area contributed by atoms with Crippen molar-refractivity contribution in [3.63, 3.8) is 0 Å². The molecule has 0 heterocycles. The molecular formula is C18H25N3O5. The molecular weight excluding hydrogens is 338 g/mol. The van der Waals surface area contributed by atoms with Crippen molar-refractivity contribution in [2.45, 2.75) is 39.8 Å². The first-order chi connectivity index (χ1) is 12.1. The Kier molecular flexibility index (Phi) is 7.77. The third-order valence-electron chi connectivity index (χ3n) is 3.63. The molecule has 0 aliphatic heterocycles. The van der Waals surface area contributed by atoms with Gasteiger partial charge in [-0.2, -0.15) is 0 Å². The summed E-state index contributed by atoms with van der Waals surface area (Å²) in [6.07, 6.45) is 0. The number of amides is 3. The molecule has 8 heteroatoms. The molecule has 3 amide bonds. The molecule has 1 atom stereocenters. The lowest BCUT2D eigenvalue weighted by Crippen LogP contribution is -2.46. The number of hydrogen-bond acceptors (Lipinski definition) is 4. The fourth-order valence-corrected chi connectivity index (χ4v) is 2.23. The van der Waals surface area contributed by atoms with E-state index in [0.717, 1.165) is 0 Å². The molecule has 0 saturated carbocycles. The predicted octanol–water partition coefficient (Wildman–Crippen LogP) is 0.876. The predicted molar refractivity (Wildman–Crippen MR) is 95.9 cm³/mol. The third-order valence-corrected chi connectivity index (χ3v) is 3.63. The van der Waals surface area contributed by atoms with Crippen molar-refractivity contribution in [2.24, 2.45) is 0 Å². The minimum atomic E-state index is -1.14. The van der Waals surface area contributed by atoms with Gasteiger partial charge in [-0.3, -0.25) is 14.4 Å². The summed E-state index contributed by atoms with van der Waals surface area (Å²) < 4.78 is 0. The molecule has 1 aromatic carbocycles. The maximum absolute atomic E-state index is 12.7. The maximum atomic E-state index is 12.7. The van der Waals surface area contributed by atoms with E-state index in [1.54, 1.807) is 0 Å². The number of nitrogens with one attached hydrogen (secondary N) is 2. The van der Waals surface area contributed by atoms with Crippen LogP contribution in [0.3, 0.4) is 0 Å². The highest BCUT2D eigenvalue weighted by atomic mass is 16.4. The molecule has 0 fully saturated rings. The van der Waals surface area contributed by atoms with E-state index < -0.39 is 17.9 Å². The van der Waals surface area contributed by atoms with Crippen LogP contribution in [0.4, 0.5) is 0 Å². The van der Waals surface area contributed by atoms with E-state index >= 15 is 0 Å². The van der Waals surface area contributed by atoms with Crippen LogP contribution < -0.4 is 10.6 Å². The van der Waals surface area contributed by atoms with Crippen LogP contribution >= 0.6 is 0 Å². The quantitative estimate of drug-likeness (QED) is 0.634. The summed E-state index contributed by atoms with van der Waals surface area (Å²) in [5.41, 5.74) is 0.674. The van der Waals surface area contributed by atoms with Gasteiger partial charge in [0, 0.05) is 37.2 Å². The fraction of sp³-hybridized carbons (Fsp3) is 0.444. The van der Waals surface area contributed by atoms with Crippen LogP contribution in [0.5, 0.6) is 0 Å². The molecule has 3 N–H and O–H groups in total. The summed E-state index contributed by atoms with van der Waals surface area (Å²) in [5.74, 6) is -2.14. The Morgan fingerprint density at radius 2 is 1.58 bits per heavy atom. The Balaban J connectivity index is 2.93. The monoisotopic (exact) mass is 363 g/mol. The molecule has 1 rings (SSSR count). The second kappa shape index (κ2) is 9.55. The van der Waals surface area contributed by atoms with Crippen LogP contribution in [0.1, 0.15) is 48.4 Å². The van der Waals surface area contributed by atoms with Crippen molar-refractivity contribution in [1.29, 1.82) is 0 Å². The SMILES string of the molecule is CC(=O)NCCN(C(=O)c1ccc(C(=O)NC(C)C)cc1)C(C)C(=O)O. The number of hydrogen-bond donors (Lipinski definition) is 3. The van der Waals surface area contributed by atoms with Gasteiger partial charge in [0.25, 0.3) is 11.8 Å². The average molecular weight is 363 g/mol. The third kappa shape index (κ3) is 6.19. The zero-order valence-electron chi connectivity index (χ0n) is 15.4. The Morgan fingerprint density at radius 1 is 1.04 bits per heavy atom. The first-order valence-corrected chi connectivity index (χ1v) is 8.32. The van der Waals surface area contributed by atoms with E-state index in [1.807, 2.05) is 13.8 Å². The summed E-state index contributed by atoms with van der Waals surface area (Å²) in [7, 11) is 0. The molecule has 0 aromatic heterocycles. The van der Waals surface area contributed by atoms with Gasteiger partial charge in [0.15, 0.2) is 0 Å². The number of benzene rings is 1. The molecule has 1 aromatic rings. The van der Waals surface area contributed by atoms with Crippen molar-refractivity contribution in [2.75, 3.05) is 13.1 Å². The highest BCUT2D eigenvalue weighted by Crippen LogP contribution is 2.11. The van der Waals surface area contributed by atoms with Gasteiger partial charge in [-0.1, -0.05) is 0 Å². The molecule has 0 spiro atoms. The number of carboxylic acid groups (broad SMARTS) is 1. The normalized spacial score (nSPS) is 11.6. The van der Waals surface area contributed by atoms with Gasteiger partial charge < -0.3 is 20.6 Å². The zero-order valence-corrected chi connectivity index (χ0v) is 15.4. The highest BCUT2D eigenvalue weighted by molar-refractivity contribution is 5.99. The maximum Gasteiger partial charge on any atom is 0.326 e. The minimum Gasteiger partial charge on any atom is -0.480 e. The number of carbonyl (C=O) groups excluding carboxylic acids is 3. The Morgan fingerprint density at radius 3 is 2.04 bits per heavy atom. The summed E-state index contributed by atoms with van der Waals surface area (Å²) in [4.78, 5) is 48.1. The molecule has 26 heavy (non-hydrogen) atoms. The van der Waals surface area contributed by atoms with Gasteiger partial charge in [-0.15, -0.1) is 0 Å². The molecule has 0 aliphatic rings. The first kappa shape index (κ1) is 21.1. The van der Waals surface area contributed by atoms with Crippen LogP contribution in [0.15, 0.2) is 24.3 Å². The highest BCUT2D eigenvalue weighted by Gasteiger charge is 2.26. The van der Waals surface area contributed by atoms with Gasteiger partial charge >= 0.3 is 5.97 Å². The summed E-state index contributed by atoms with van der Waals surface area (Å²) in [5, 5.41) is 14.5. The van der Waals surface area contributed by atoms with Crippen molar-refractivity contribution >= 4 is 23.7 Å². The van der Waals surface area contributed by atoms with Crippen LogP contribution in [0, 0.1) is 0 Å². The Labute approximate surface area is 152 Å². The van der Waals surface area contributed by atoms with E-state index in [2.05, 4.69) is 10.6 Å². The number of carboxylic acids is 1. The van der Waals surface area contributed by atoms with Gasteiger partial charge in [-0.25, -0.2) is 4.79 Å². The second-order valence-electron chi connectivity index (χ2n) is 6.20. The second-order valence-corrected chi connectivity index (χ2v) is 6.20. The molecule has 8 nitrogen and oxygen atoms in total. The standard InChI is InChI=1S/C18H25N3O5/c1-11(2)20-16(23)14-5-7-15(8-6-14)17(24)21(12(3)18(25)26)10-9-19-13(4)22/h5-8,11-12H,9-10H2,1-4H3,(H,19,22)(H,20,23)(H,25,26). The van der Waals surface area contributed by atoms with Crippen molar-refractivity contribution in [3.8, 4) is 0 Å². The van der Waals surface area contributed by atoms with Gasteiger partial charge in [0.1, 0.15) is 6.04 Å². The van der Waals surface area contributed by atoms with Crippen molar-refractivity contribution < 1.29 is 24.3 Å². The van der Waals surface area contributed by atoms with E-state index in [1.165, 1.54) is 43.0 Å². The van der Waals surface area contributed by atoms with E-state index in [-0.39, 0.29) is 36.5 Å². The van der Waals surface area contributed by atoms with Gasteiger partial charge in [-0.05, 0) is 45.0 Å². The summed E-state index contributed by atoms with van der Waals surface area (Å²) in [6, 6.07) is 4.93. The number of carbonyl (C=O) groups is 4. The lowest BCUT2D eigenvalue weighted by molar-refractivity contribution is -0.141. The molecule has 0 radical (unpaired) electrons. The van der Waals surface area contributed by atoms with E-state index in [4.69, 9.17) is 0 Å². The van der Waals surface area contributed by atoms with Crippen LogP contribution in [0.25, 0.3) is 0 Å². The molecule has 0 bridgehead atoms. The minimum absolute atomic E-state index is 0.00973. The number of nitrogens with zero attached hydrogens (tertiary/aromatic N) is 1. The van der Waals surface area contributed by atoms with Gasteiger partial charge in [0.2, 0.25) is 5.91 Å². The smallest absolute Gasteiger partial charge is 0.326 e. The lowest BCUT2D eigenvalue weighted by Gasteiger charge is -2.26. The number of rotatable bonds is 8.